The maximum absolute atomic E-state index is 3.71. The van der Waals surface area contributed by atoms with Gasteiger partial charge in [0.05, 0.1) is 0 Å². The molecule has 0 radical (unpaired) electrons. The molecule has 7 rings (SSSR count). The summed E-state index contributed by atoms with van der Waals surface area (Å²) in [5, 5.41) is 2.52. The first-order chi connectivity index (χ1) is 18.8. The van der Waals surface area contributed by atoms with Crippen LogP contribution in [-0.4, -0.2) is 0 Å². The highest BCUT2D eigenvalue weighted by Crippen LogP contribution is 2.48. The van der Waals surface area contributed by atoms with Crippen molar-refractivity contribution < 1.29 is 0 Å². The first-order valence-electron chi connectivity index (χ1n) is 12.8. The van der Waals surface area contributed by atoms with Gasteiger partial charge in [0.1, 0.15) is 0 Å². The molecule has 6 aromatic rings. The van der Waals surface area contributed by atoms with Gasteiger partial charge in [-0.3, -0.25) is 0 Å². The maximum atomic E-state index is 3.71. The summed E-state index contributed by atoms with van der Waals surface area (Å²) < 4.78 is 1.09. The number of benzene rings is 6. The molecule has 0 saturated heterocycles. The number of rotatable bonds is 4. The highest BCUT2D eigenvalue weighted by atomic mass is 79.9. The van der Waals surface area contributed by atoms with Gasteiger partial charge in [-0.1, -0.05) is 107 Å². The lowest BCUT2D eigenvalue weighted by Crippen LogP contribution is -2.09. The van der Waals surface area contributed by atoms with Gasteiger partial charge >= 0.3 is 0 Å². The Kier molecular flexibility index (Phi) is 5.68. The third-order valence-electron chi connectivity index (χ3n) is 7.27. The topological polar surface area (TPSA) is 3.24 Å². The number of hydrogen-bond donors (Lipinski definition) is 0. The van der Waals surface area contributed by atoms with Crippen molar-refractivity contribution in [3.05, 3.63) is 161 Å². The van der Waals surface area contributed by atoms with E-state index in [2.05, 4.69) is 166 Å². The second-order valence-corrected chi connectivity index (χ2v) is 10.5. The van der Waals surface area contributed by atoms with Gasteiger partial charge in [-0.25, -0.2) is 0 Å². The van der Waals surface area contributed by atoms with Crippen LogP contribution < -0.4 is 4.90 Å². The van der Waals surface area contributed by atoms with E-state index in [4.69, 9.17) is 0 Å². The lowest BCUT2D eigenvalue weighted by molar-refractivity contribution is 1.28. The summed E-state index contributed by atoms with van der Waals surface area (Å²) in [6, 6.07) is 49.8. The van der Waals surface area contributed by atoms with Crippen LogP contribution in [0.5, 0.6) is 0 Å². The fourth-order valence-corrected chi connectivity index (χ4v) is 5.90. The molecule has 1 nitrogen and oxygen atoms in total. The fourth-order valence-electron chi connectivity index (χ4n) is 5.54. The van der Waals surface area contributed by atoms with E-state index in [0.717, 1.165) is 21.5 Å². The van der Waals surface area contributed by atoms with Crippen LogP contribution in [0.15, 0.2) is 144 Å². The maximum Gasteiger partial charge on any atom is 0.0468 e. The summed E-state index contributed by atoms with van der Waals surface area (Å²) in [6.45, 7) is 0. The molecule has 38 heavy (non-hydrogen) atoms. The predicted octanol–water partition coefficient (Wildman–Crippen LogP) is 10.6. The lowest BCUT2D eigenvalue weighted by Gasteiger charge is -2.26. The van der Waals surface area contributed by atoms with Crippen LogP contribution in [0.1, 0.15) is 16.7 Å². The van der Waals surface area contributed by atoms with E-state index in [1.807, 2.05) is 0 Å². The number of para-hydroxylation sites is 2. The van der Waals surface area contributed by atoms with Crippen LogP contribution in [-0.2, 0) is 0 Å². The van der Waals surface area contributed by atoms with E-state index in [9.17, 15) is 0 Å². The normalized spacial score (nSPS) is 12.9. The minimum atomic E-state index is 1.09. The average Bonchev–Trinajstić information content (AvgIpc) is 3.26. The van der Waals surface area contributed by atoms with Crippen LogP contribution in [0.2, 0.25) is 0 Å². The summed E-state index contributed by atoms with van der Waals surface area (Å²) in [5.74, 6) is 0. The zero-order chi connectivity index (χ0) is 25.5. The fraction of sp³-hybridized carbons (Fsp3) is 0. The third-order valence-corrected chi connectivity index (χ3v) is 7.76. The number of nitrogens with zero attached hydrogens (tertiary/aromatic N) is 1. The molecule has 0 unspecified atom stereocenters. The Morgan fingerprint density at radius 3 is 1.89 bits per heavy atom. The number of halogens is 1. The van der Waals surface area contributed by atoms with Crippen molar-refractivity contribution in [3.8, 4) is 11.1 Å². The van der Waals surface area contributed by atoms with Crippen LogP contribution >= 0.6 is 15.9 Å². The molecular formula is C36H24BrN. The van der Waals surface area contributed by atoms with Crippen molar-refractivity contribution >= 4 is 55.4 Å². The molecule has 2 heteroatoms. The van der Waals surface area contributed by atoms with Crippen molar-refractivity contribution in [1.82, 2.24) is 0 Å². The average molecular weight is 550 g/mol. The van der Waals surface area contributed by atoms with Gasteiger partial charge in [0.15, 0.2) is 0 Å². The highest BCUT2D eigenvalue weighted by molar-refractivity contribution is 9.10. The molecule has 0 bridgehead atoms. The molecule has 0 heterocycles. The Morgan fingerprint density at radius 1 is 0.474 bits per heavy atom. The minimum Gasteiger partial charge on any atom is -0.310 e. The quantitative estimate of drug-likeness (QED) is 0.211. The summed E-state index contributed by atoms with van der Waals surface area (Å²) in [7, 11) is 0. The van der Waals surface area contributed by atoms with E-state index in [1.54, 1.807) is 0 Å². The van der Waals surface area contributed by atoms with E-state index in [-0.39, 0.29) is 0 Å². The van der Waals surface area contributed by atoms with Gasteiger partial charge in [-0.15, -0.1) is 0 Å². The molecule has 1 aliphatic rings. The molecule has 180 valence electrons. The van der Waals surface area contributed by atoms with Crippen molar-refractivity contribution in [3.63, 3.8) is 0 Å². The Bertz CT molecular complexity index is 1780. The summed E-state index contributed by atoms with van der Waals surface area (Å²) in [5.41, 5.74) is 10.9. The Hall–Kier alpha value is -4.40. The summed E-state index contributed by atoms with van der Waals surface area (Å²) in [6.07, 6.45) is 2.36. The van der Waals surface area contributed by atoms with E-state index in [0.29, 0.717) is 0 Å². The van der Waals surface area contributed by atoms with Crippen molar-refractivity contribution in [2.24, 2.45) is 0 Å². The summed E-state index contributed by atoms with van der Waals surface area (Å²) in [4.78, 5) is 2.33. The Balaban J connectivity index is 1.46. The van der Waals surface area contributed by atoms with E-state index in [1.165, 1.54) is 44.2 Å². The largest absolute Gasteiger partial charge is 0.310 e. The smallest absolute Gasteiger partial charge is 0.0468 e. The second kappa shape index (κ2) is 9.48. The molecule has 0 aromatic heterocycles. The standard InChI is InChI=1S/C36H24BrN/c37-27-18-20-32-34(22-26-12-9-11-25-10-7-8-17-31(25)26)36-24-30(19-21-33(36)35(32)23-27)38(28-13-3-1-4-14-28)29-15-5-2-6-16-29/h1-24H/b34-22+. The van der Waals surface area contributed by atoms with Gasteiger partial charge < -0.3 is 4.90 Å². The van der Waals surface area contributed by atoms with Crippen LogP contribution in [0.25, 0.3) is 33.5 Å². The molecule has 0 saturated carbocycles. The molecule has 0 N–H and O–H groups in total. The lowest BCUT2D eigenvalue weighted by atomic mass is 9.97. The van der Waals surface area contributed by atoms with Crippen molar-refractivity contribution in [2.75, 3.05) is 4.90 Å². The Morgan fingerprint density at radius 2 is 1.13 bits per heavy atom. The van der Waals surface area contributed by atoms with Crippen LogP contribution in [0, 0.1) is 0 Å². The van der Waals surface area contributed by atoms with E-state index < -0.39 is 0 Å². The monoisotopic (exact) mass is 549 g/mol. The van der Waals surface area contributed by atoms with Crippen LogP contribution in [0.4, 0.5) is 17.1 Å². The van der Waals surface area contributed by atoms with Crippen molar-refractivity contribution in [2.45, 2.75) is 0 Å². The van der Waals surface area contributed by atoms with Gasteiger partial charge in [0, 0.05) is 21.5 Å². The summed E-state index contributed by atoms with van der Waals surface area (Å²) >= 11 is 3.71. The molecular weight excluding hydrogens is 526 g/mol. The number of hydrogen-bond acceptors (Lipinski definition) is 1. The van der Waals surface area contributed by atoms with Gasteiger partial charge in [0.2, 0.25) is 0 Å². The molecule has 6 aromatic carbocycles. The van der Waals surface area contributed by atoms with E-state index >= 15 is 0 Å². The zero-order valence-electron chi connectivity index (χ0n) is 20.7. The molecule has 1 aliphatic carbocycles. The predicted molar refractivity (Wildman–Crippen MR) is 165 cm³/mol. The molecule has 0 aliphatic heterocycles. The molecule has 0 spiro atoms. The second-order valence-electron chi connectivity index (χ2n) is 9.55. The van der Waals surface area contributed by atoms with Gasteiger partial charge in [-0.2, -0.15) is 0 Å². The van der Waals surface area contributed by atoms with Gasteiger partial charge in [-0.05, 0) is 98.8 Å². The Labute approximate surface area is 231 Å². The third kappa shape index (κ3) is 3.95. The SMILES string of the molecule is Brc1ccc2c(c1)-c1ccc(N(c3ccccc3)c3ccccc3)cc1/C2=C/c1cccc2ccccc12. The first kappa shape index (κ1) is 22.8. The number of anilines is 3. The minimum absolute atomic E-state index is 1.09. The molecule has 0 amide bonds. The van der Waals surface area contributed by atoms with Crippen LogP contribution in [0.3, 0.4) is 0 Å². The zero-order valence-corrected chi connectivity index (χ0v) is 22.3. The molecule has 0 atom stereocenters. The number of fused-ring (bicyclic) bond motifs is 4. The van der Waals surface area contributed by atoms with Crippen molar-refractivity contribution in [1.29, 1.82) is 0 Å². The first-order valence-corrected chi connectivity index (χ1v) is 13.6. The van der Waals surface area contributed by atoms with Gasteiger partial charge in [0.25, 0.3) is 0 Å². The highest BCUT2D eigenvalue weighted by Gasteiger charge is 2.25. The molecule has 0 fully saturated rings.